The number of nitrogens with one attached hydrogen (secondary N) is 1. The third-order valence-electron chi connectivity index (χ3n) is 4.07. The number of nitrogens with zero attached hydrogens (tertiary/aromatic N) is 1. The second-order valence-electron chi connectivity index (χ2n) is 5.96. The van der Waals surface area contributed by atoms with Crippen molar-refractivity contribution < 1.29 is 26.4 Å². The molecule has 1 N–H and O–H groups in total. The molecule has 0 aliphatic carbocycles. The van der Waals surface area contributed by atoms with E-state index in [2.05, 4.69) is 5.32 Å². The number of benzene rings is 2. The number of fused-ring (bicyclic) bond motifs is 1. The molecule has 2 aromatic carbocycles. The Morgan fingerprint density at radius 1 is 1.12 bits per heavy atom. The van der Waals surface area contributed by atoms with Crippen LogP contribution in [0.5, 0.6) is 0 Å². The average Bonchev–Trinajstić information content (AvgIpc) is 2.97. The van der Waals surface area contributed by atoms with Gasteiger partial charge in [-0.1, -0.05) is 0 Å². The molecule has 1 amide bonds. The molecule has 9 heteroatoms. The van der Waals surface area contributed by atoms with Gasteiger partial charge < -0.3 is 5.32 Å². The summed E-state index contributed by atoms with van der Waals surface area (Å²) < 4.78 is 62.4. The Hall–Kier alpha value is -2.55. The molecular formula is C17H15F3N2O3S. The Morgan fingerprint density at radius 2 is 1.77 bits per heavy atom. The van der Waals surface area contributed by atoms with Gasteiger partial charge in [0.25, 0.3) is 5.91 Å². The van der Waals surface area contributed by atoms with Crippen LogP contribution in [0.25, 0.3) is 0 Å². The van der Waals surface area contributed by atoms with E-state index in [0.29, 0.717) is 24.3 Å². The molecule has 1 aliphatic heterocycles. The first-order chi connectivity index (χ1) is 12.1. The van der Waals surface area contributed by atoms with Gasteiger partial charge in [0.15, 0.2) is 0 Å². The number of hydrogen-bond donors (Lipinski definition) is 1. The van der Waals surface area contributed by atoms with Crippen molar-refractivity contribution in [2.45, 2.75) is 12.6 Å². The van der Waals surface area contributed by atoms with E-state index in [1.165, 1.54) is 4.31 Å². The summed E-state index contributed by atoms with van der Waals surface area (Å²) in [5.74, 6) is -0.545. The molecule has 138 valence electrons. The highest BCUT2D eigenvalue weighted by Gasteiger charge is 2.30. The Bertz CT molecular complexity index is 954. The van der Waals surface area contributed by atoms with Gasteiger partial charge in [0.05, 0.1) is 17.5 Å². The Balaban J connectivity index is 1.77. The zero-order valence-corrected chi connectivity index (χ0v) is 14.5. The van der Waals surface area contributed by atoms with Gasteiger partial charge in [-0.05, 0) is 54.4 Å². The summed E-state index contributed by atoms with van der Waals surface area (Å²) in [6.45, 7) is 0.338. The lowest BCUT2D eigenvalue weighted by molar-refractivity contribution is -0.137. The molecular weight excluding hydrogens is 369 g/mol. The maximum absolute atomic E-state index is 12.6. The predicted molar refractivity (Wildman–Crippen MR) is 91.7 cm³/mol. The quantitative estimate of drug-likeness (QED) is 0.883. The van der Waals surface area contributed by atoms with E-state index in [1.54, 1.807) is 18.2 Å². The first-order valence-corrected chi connectivity index (χ1v) is 9.50. The van der Waals surface area contributed by atoms with E-state index >= 15 is 0 Å². The molecule has 0 unspecified atom stereocenters. The first kappa shape index (κ1) is 18.2. The van der Waals surface area contributed by atoms with E-state index in [-0.39, 0.29) is 5.56 Å². The highest BCUT2D eigenvalue weighted by Crippen LogP contribution is 2.32. The molecule has 5 nitrogen and oxygen atoms in total. The van der Waals surface area contributed by atoms with Crippen LogP contribution in [0.1, 0.15) is 21.5 Å². The number of hydrogen-bond acceptors (Lipinski definition) is 3. The first-order valence-electron chi connectivity index (χ1n) is 7.65. The van der Waals surface area contributed by atoms with Crippen molar-refractivity contribution in [1.82, 2.24) is 0 Å². The second-order valence-corrected chi connectivity index (χ2v) is 7.86. The number of rotatable bonds is 3. The van der Waals surface area contributed by atoms with Gasteiger partial charge in [0.2, 0.25) is 10.0 Å². The Morgan fingerprint density at radius 3 is 2.35 bits per heavy atom. The number of carbonyl (C=O) groups is 1. The molecule has 26 heavy (non-hydrogen) atoms. The van der Waals surface area contributed by atoms with Crippen molar-refractivity contribution >= 4 is 27.3 Å². The summed E-state index contributed by atoms with van der Waals surface area (Å²) in [6, 6.07) is 8.75. The number of sulfonamides is 1. The molecule has 0 saturated carbocycles. The lowest BCUT2D eigenvalue weighted by Crippen LogP contribution is -2.27. The van der Waals surface area contributed by atoms with Crippen molar-refractivity contribution in [1.29, 1.82) is 0 Å². The maximum Gasteiger partial charge on any atom is 0.416 e. The van der Waals surface area contributed by atoms with Crippen LogP contribution in [0.4, 0.5) is 24.5 Å². The van der Waals surface area contributed by atoms with Crippen LogP contribution >= 0.6 is 0 Å². The molecule has 1 heterocycles. The van der Waals surface area contributed by atoms with Crippen molar-refractivity contribution in [3.63, 3.8) is 0 Å². The molecule has 0 bridgehead atoms. The van der Waals surface area contributed by atoms with E-state index in [0.717, 1.165) is 36.1 Å². The molecule has 0 atom stereocenters. The smallest absolute Gasteiger partial charge is 0.322 e. The molecule has 3 rings (SSSR count). The molecule has 0 aromatic heterocycles. The molecule has 1 aliphatic rings. The minimum atomic E-state index is -4.46. The largest absolute Gasteiger partial charge is 0.416 e. The van der Waals surface area contributed by atoms with Crippen molar-refractivity contribution in [3.05, 3.63) is 59.2 Å². The van der Waals surface area contributed by atoms with Crippen LogP contribution in [-0.2, 0) is 22.6 Å². The summed E-state index contributed by atoms with van der Waals surface area (Å²) in [5, 5.41) is 2.61. The van der Waals surface area contributed by atoms with Gasteiger partial charge >= 0.3 is 6.18 Å². The van der Waals surface area contributed by atoms with Crippen molar-refractivity contribution in [2.24, 2.45) is 0 Å². The van der Waals surface area contributed by atoms with Crippen LogP contribution in [0.2, 0.25) is 0 Å². The average molecular weight is 384 g/mol. The number of amides is 1. The van der Waals surface area contributed by atoms with E-state index in [4.69, 9.17) is 0 Å². The summed E-state index contributed by atoms with van der Waals surface area (Å²) in [7, 11) is -3.36. The van der Waals surface area contributed by atoms with Gasteiger partial charge in [-0.2, -0.15) is 13.2 Å². The number of carbonyl (C=O) groups excluding carboxylic acids is 1. The number of alkyl halides is 3. The lowest BCUT2D eigenvalue weighted by Gasteiger charge is -2.16. The molecule has 0 fully saturated rings. The van der Waals surface area contributed by atoms with Crippen LogP contribution in [0, 0.1) is 0 Å². The highest BCUT2D eigenvalue weighted by molar-refractivity contribution is 7.92. The van der Waals surface area contributed by atoms with Crippen LogP contribution in [0.15, 0.2) is 42.5 Å². The third-order valence-corrected chi connectivity index (χ3v) is 5.24. The summed E-state index contributed by atoms with van der Waals surface area (Å²) in [6.07, 6.45) is -2.81. The summed E-state index contributed by atoms with van der Waals surface area (Å²) in [5.41, 5.74) is 1.06. The van der Waals surface area contributed by atoms with Gasteiger partial charge in [-0.15, -0.1) is 0 Å². The highest BCUT2D eigenvalue weighted by atomic mass is 32.2. The van der Waals surface area contributed by atoms with Crippen molar-refractivity contribution in [2.75, 3.05) is 22.4 Å². The standard InChI is InChI=1S/C17H15F3N2O3S/c1-26(24,25)22-9-8-12-10-14(6-7-15(12)22)21-16(23)11-2-4-13(5-3-11)17(18,19)20/h2-7,10H,8-9H2,1H3,(H,21,23). The fourth-order valence-electron chi connectivity index (χ4n) is 2.81. The van der Waals surface area contributed by atoms with Crippen molar-refractivity contribution in [3.8, 4) is 0 Å². The van der Waals surface area contributed by atoms with Gasteiger partial charge in [0.1, 0.15) is 0 Å². The molecule has 2 aromatic rings. The summed E-state index contributed by atoms with van der Waals surface area (Å²) >= 11 is 0. The minimum absolute atomic E-state index is 0.0938. The van der Waals surface area contributed by atoms with Crippen LogP contribution < -0.4 is 9.62 Å². The molecule has 0 spiro atoms. The number of anilines is 2. The van der Waals surface area contributed by atoms with Crippen LogP contribution in [-0.4, -0.2) is 27.1 Å². The van der Waals surface area contributed by atoms with E-state index < -0.39 is 27.7 Å². The van der Waals surface area contributed by atoms with E-state index in [9.17, 15) is 26.4 Å². The zero-order valence-electron chi connectivity index (χ0n) is 13.7. The van der Waals surface area contributed by atoms with Crippen LogP contribution in [0.3, 0.4) is 0 Å². The van der Waals surface area contributed by atoms with E-state index in [1.807, 2.05) is 0 Å². The minimum Gasteiger partial charge on any atom is -0.322 e. The van der Waals surface area contributed by atoms with Gasteiger partial charge in [0, 0.05) is 17.8 Å². The fourth-order valence-corrected chi connectivity index (χ4v) is 3.77. The number of halogens is 3. The Labute approximate surface area is 148 Å². The normalized spacial score (nSPS) is 14.2. The predicted octanol–water partition coefficient (Wildman–Crippen LogP) is 3.28. The maximum atomic E-state index is 12.6. The monoisotopic (exact) mass is 384 g/mol. The molecule has 0 radical (unpaired) electrons. The lowest BCUT2D eigenvalue weighted by atomic mass is 10.1. The Kier molecular flexibility index (Phi) is 4.43. The second kappa shape index (κ2) is 6.31. The van der Waals surface area contributed by atoms with Gasteiger partial charge in [-0.25, -0.2) is 8.42 Å². The summed E-state index contributed by atoms with van der Waals surface area (Å²) in [4.78, 5) is 12.2. The molecule has 0 saturated heterocycles. The zero-order chi connectivity index (χ0) is 19.1. The SMILES string of the molecule is CS(=O)(=O)N1CCc2cc(NC(=O)c3ccc(C(F)(F)F)cc3)ccc21. The fraction of sp³-hybridized carbons (Fsp3) is 0.235. The third kappa shape index (κ3) is 3.67. The van der Waals surface area contributed by atoms with Gasteiger partial charge in [-0.3, -0.25) is 9.10 Å². The topological polar surface area (TPSA) is 66.5 Å².